The number of hydrogen-bond acceptors (Lipinski definition) is 6. The van der Waals surface area contributed by atoms with E-state index in [0.717, 1.165) is 0 Å². The highest BCUT2D eigenvalue weighted by atomic mass is 35.5. The summed E-state index contributed by atoms with van der Waals surface area (Å²) in [4.78, 5) is 50.3. The number of hydrogen-bond donors (Lipinski definition) is 3. The van der Waals surface area contributed by atoms with Gasteiger partial charge in [-0.2, -0.15) is 5.10 Å². The molecule has 0 radical (unpaired) electrons. The van der Waals surface area contributed by atoms with E-state index in [9.17, 15) is 23.6 Å². The van der Waals surface area contributed by atoms with Gasteiger partial charge < -0.3 is 26.4 Å². The molecule has 0 bridgehead atoms. The maximum absolute atomic E-state index is 14.2. The van der Waals surface area contributed by atoms with E-state index in [1.54, 1.807) is 30.3 Å². The molecule has 1 aliphatic rings. The standard InChI is InChI=1S/C24H24ClFN6O5/c25-17-6-3-4-13(21(17)26)10-29-19(33)11-31(14-8-15(9-14)37-24(28)36)20(34)12-32-18-7-2-1-5-16(18)22(30-32)23(27)35/h1-7,14-15H,8-12H2,(H2,27,35)(H2,28,36)(H,29,33). The average molecular weight is 531 g/mol. The van der Waals surface area contributed by atoms with E-state index in [4.69, 9.17) is 27.8 Å². The highest BCUT2D eigenvalue weighted by Gasteiger charge is 2.39. The molecule has 2 aromatic carbocycles. The first-order chi connectivity index (χ1) is 17.6. The van der Waals surface area contributed by atoms with Gasteiger partial charge in [0.05, 0.1) is 17.1 Å². The Hall–Kier alpha value is -4.19. The number of fused-ring (bicyclic) bond motifs is 1. The maximum atomic E-state index is 14.2. The molecule has 0 aliphatic heterocycles. The van der Waals surface area contributed by atoms with Crippen LogP contribution in [0, 0.1) is 5.82 Å². The van der Waals surface area contributed by atoms with E-state index in [1.807, 2.05) is 0 Å². The average Bonchev–Trinajstić information content (AvgIpc) is 3.19. The van der Waals surface area contributed by atoms with Crippen molar-refractivity contribution in [1.82, 2.24) is 20.0 Å². The molecule has 194 valence electrons. The van der Waals surface area contributed by atoms with Gasteiger partial charge in [0, 0.05) is 36.4 Å². The van der Waals surface area contributed by atoms with Crippen molar-refractivity contribution >= 4 is 46.3 Å². The van der Waals surface area contributed by atoms with Gasteiger partial charge in [-0.25, -0.2) is 9.18 Å². The van der Waals surface area contributed by atoms with Crippen LogP contribution in [0.25, 0.3) is 10.9 Å². The largest absolute Gasteiger partial charge is 0.446 e. The SMILES string of the molecule is NC(=O)OC1CC(N(CC(=O)NCc2cccc(Cl)c2F)C(=O)Cn2nc(C(N)=O)c3ccccc32)C1. The number of nitrogens with zero attached hydrogens (tertiary/aromatic N) is 3. The lowest BCUT2D eigenvalue weighted by Gasteiger charge is -2.41. The van der Waals surface area contributed by atoms with Crippen LogP contribution >= 0.6 is 11.6 Å². The molecule has 1 fully saturated rings. The quantitative estimate of drug-likeness (QED) is 0.381. The molecule has 1 aliphatic carbocycles. The van der Waals surface area contributed by atoms with Crippen LogP contribution in [0.4, 0.5) is 9.18 Å². The fraction of sp³-hybridized carbons (Fsp3) is 0.292. The van der Waals surface area contributed by atoms with Crippen LogP contribution in [0.15, 0.2) is 42.5 Å². The summed E-state index contributed by atoms with van der Waals surface area (Å²) in [6, 6.07) is 10.8. The van der Waals surface area contributed by atoms with Gasteiger partial charge in [0.2, 0.25) is 11.8 Å². The van der Waals surface area contributed by atoms with E-state index in [2.05, 4.69) is 10.4 Å². The molecule has 3 aromatic rings. The van der Waals surface area contributed by atoms with E-state index < -0.39 is 41.8 Å². The number of benzene rings is 2. The Morgan fingerprint density at radius 2 is 1.86 bits per heavy atom. The zero-order valence-electron chi connectivity index (χ0n) is 19.5. The first kappa shape index (κ1) is 25.9. The van der Waals surface area contributed by atoms with Crippen LogP contribution in [0.1, 0.15) is 28.9 Å². The summed E-state index contributed by atoms with van der Waals surface area (Å²) < 4.78 is 20.5. The van der Waals surface area contributed by atoms with E-state index >= 15 is 0 Å². The fourth-order valence-corrected chi connectivity index (χ4v) is 4.41. The molecule has 11 nitrogen and oxygen atoms in total. The Morgan fingerprint density at radius 1 is 1.14 bits per heavy atom. The molecule has 4 amide bonds. The zero-order chi connectivity index (χ0) is 26.7. The van der Waals surface area contributed by atoms with Crippen LogP contribution in [0.5, 0.6) is 0 Å². The van der Waals surface area contributed by atoms with Crippen molar-refractivity contribution in [3.05, 3.63) is 64.6 Å². The summed E-state index contributed by atoms with van der Waals surface area (Å²) in [5.74, 6) is -2.37. The minimum Gasteiger partial charge on any atom is -0.446 e. The molecule has 1 saturated carbocycles. The number of primary amides is 2. The second-order valence-corrected chi connectivity index (χ2v) is 8.99. The highest BCUT2D eigenvalue weighted by molar-refractivity contribution is 6.30. The fourth-order valence-electron chi connectivity index (χ4n) is 4.21. The molecule has 1 aromatic heterocycles. The van der Waals surface area contributed by atoms with Gasteiger partial charge in [-0.15, -0.1) is 0 Å². The number of rotatable bonds is 9. The minimum absolute atomic E-state index is 0.0230. The van der Waals surface area contributed by atoms with Gasteiger partial charge in [-0.3, -0.25) is 19.1 Å². The third-order valence-corrected chi connectivity index (χ3v) is 6.40. The monoisotopic (exact) mass is 530 g/mol. The second-order valence-electron chi connectivity index (χ2n) is 8.58. The molecule has 0 atom stereocenters. The van der Waals surface area contributed by atoms with Crippen LogP contribution < -0.4 is 16.8 Å². The number of aromatic nitrogens is 2. The lowest BCUT2D eigenvalue weighted by molar-refractivity contribution is -0.143. The van der Waals surface area contributed by atoms with Crippen LogP contribution in [0.3, 0.4) is 0 Å². The van der Waals surface area contributed by atoms with Crippen molar-refractivity contribution < 1.29 is 28.3 Å². The molecule has 0 saturated heterocycles. The van der Waals surface area contributed by atoms with Gasteiger partial charge in [0.15, 0.2) is 5.69 Å². The van der Waals surface area contributed by atoms with E-state index in [0.29, 0.717) is 10.9 Å². The van der Waals surface area contributed by atoms with E-state index in [-0.39, 0.29) is 48.8 Å². The van der Waals surface area contributed by atoms with Gasteiger partial charge in [-0.05, 0) is 12.1 Å². The Bertz CT molecular complexity index is 1370. The molecule has 1 heterocycles. The molecule has 5 N–H and O–H groups in total. The van der Waals surface area contributed by atoms with Crippen molar-refractivity contribution in [1.29, 1.82) is 0 Å². The summed E-state index contributed by atoms with van der Waals surface area (Å²) in [7, 11) is 0. The second kappa shape index (κ2) is 10.8. The summed E-state index contributed by atoms with van der Waals surface area (Å²) in [5.41, 5.74) is 11.2. The van der Waals surface area contributed by atoms with Crippen molar-refractivity contribution in [3.8, 4) is 0 Å². The van der Waals surface area contributed by atoms with Crippen LogP contribution in [-0.2, 0) is 27.4 Å². The normalized spacial score (nSPS) is 16.6. The Balaban J connectivity index is 1.50. The highest BCUT2D eigenvalue weighted by Crippen LogP contribution is 2.29. The Labute approximate surface area is 215 Å². The molecular weight excluding hydrogens is 507 g/mol. The Morgan fingerprint density at radius 3 is 2.57 bits per heavy atom. The topological polar surface area (TPSA) is 163 Å². The smallest absolute Gasteiger partial charge is 0.404 e. The van der Waals surface area contributed by atoms with E-state index in [1.165, 1.54) is 21.7 Å². The molecule has 0 spiro atoms. The van der Waals surface area contributed by atoms with Gasteiger partial charge in [0.25, 0.3) is 5.91 Å². The lowest BCUT2D eigenvalue weighted by atomic mass is 9.87. The first-order valence-corrected chi connectivity index (χ1v) is 11.7. The van der Waals surface area contributed by atoms with Gasteiger partial charge >= 0.3 is 6.09 Å². The number of para-hydroxylation sites is 1. The summed E-state index contributed by atoms with van der Waals surface area (Å²) >= 11 is 5.79. The number of carbonyl (C=O) groups is 4. The molecule has 37 heavy (non-hydrogen) atoms. The first-order valence-electron chi connectivity index (χ1n) is 11.3. The zero-order valence-corrected chi connectivity index (χ0v) is 20.3. The molecule has 4 rings (SSSR count). The van der Waals surface area contributed by atoms with Crippen molar-refractivity contribution in [2.45, 2.75) is 38.1 Å². The molecule has 0 unspecified atom stereocenters. The van der Waals surface area contributed by atoms with Crippen LogP contribution in [0.2, 0.25) is 5.02 Å². The summed E-state index contributed by atoms with van der Waals surface area (Å²) in [6.07, 6.45) is -0.827. The third kappa shape index (κ3) is 5.80. The van der Waals surface area contributed by atoms with Gasteiger partial charge in [0.1, 0.15) is 18.5 Å². The number of nitrogens with one attached hydrogen (secondary N) is 1. The minimum atomic E-state index is -0.926. The van der Waals surface area contributed by atoms with Crippen molar-refractivity contribution in [2.75, 3.05) is 6.54 Å². The molecule has 13 heteroatoms. The van der Waals surface area contributed by atoms with Crippen molar-refractivity contribution in [2.24, 2.45) is 11.5 Å². The predicted octanol–water partition coefficient (Wildman–Crippen LogP) is 1.70. The third-order valence-electron chi connectivity index (χ3n) is 6.11. The Kier molecular flexibility index (Phi) is 7.58. The number of amides is 4. The number of carbonyl (C=O) groups excluding carboxylic acids is 4. The summed E-state index contributed by atoms with van der Waals surface area (Å²) in [5, 5.41) is 7.21. The van der Waals surface area contributed by atoms with Crippen molar-refractivity contribution in [3.63, 3.8) is 0 Å². The van der Waals surface area contributed by atoms with Crippen LogP contribution in [-0.4, -0.2) is 57.2 Å². The summed E-state index contributed by atoms with van der Waals surface area (Å²) in [6.45, 7) is -0.740. The van der Waals surface area contributed by atoms with Gasteiger partial charge in [-0.1, -0.05) is 41.9 Å². The number of nitrogens with two attached hydrogens (primary N) is 2. The molecular formula is C24H24ClFN6O5. The maximum Gasteiger partial charge on any atom is 0.404 e. The predicted molar refractivity (Wildman–Crippen MR) is 131 cm³/mol. The number of ether oxygens (including phenoxy) is 1. The number of halogens is 2. The lowest BCUT2D eigenvalue weighted by Crippen LogP contribution is -2.54.